The third-order valence-corrected chi connectivity index (χ3v) is 2.79. The maximum absolute atomic E-state index is 5.52. The summed E-state index contributed by atoms with van der Waals surface area (Å²) in [4.78, 5) is 4.07. The highest BCUT2D eigenvalue weighted by Crippen LogP contribution is 2.18. The van der Waals surface area contributed by atoms with Crippen molar-refractivity contribution in [3.8, 4) is 0 Å². The first-order valence-corrected chi connectivity index (χ1v) is 5.44. The molecule has 0 radical (unpaired) electrons. The lowest BCUT2D eigenvalue weighted by Crippen LogP contribution is -2.10. The monoisotopic (exact) mass is 280 g/mol. The minimum absolute atomic E-state index is 0. The van der Waals surface area contributed by atoms with Crippen LogP contribution in [0.3, 0.4) is 0 Å². The number of ether oxygens (including phenoxy) is 1. The van der Waals surface area contributed by atoms with Gasteiger partial charge in [0, 0.05) is 25.7 Å². The molecule has 1 aliphatic rings. The van der Waals surface area contributed by atoms with Crippen LogP contribution in [0.15, 0.2) is 16.8 Å². The lowest BCUT2D eigenvalue weighted by molar-refractivity contribution is 0.193. The van der Waals surface area contributed by atoms with Crippen LogP contribution in [0.4, 0.5) is 0 Å². The van der Waals surface area contributed by atoms with Crippen LogP contribution in [0.1, 0.15) is 19.3 Å². The Kier molecular flexibility index (Phi) is 8.32. The Balaban J connectivity index is 0.00000169. The summed E-state index contributed by atoms with van der Waals surface area (Å²) in [5.74, 6) is 1.00. The highest BCUT2D eigenvalue weighted by atomic mass is 79.9. The quantitative estimate of drug-likeness (QED) is 0.787. The molecule has 0 fully saturated rings. The van der Waals surface area contributed by atoms with Crippen LogP contribution < -0.4 is 5.73 Å². The van der Waals surface area contributed by atoms with E-state index >= 15 is 0 Å². The van der Waals surface area contributed by atoms with Crippen LogP contribution in [0.2, 0.25) is 0 Å². The van der Waals surface area contributed by atoms with Gasteiger partial charge in [-0.05, 0) is 24.8 Å². The molecular formula is C9H17BrN2OS. The van der Waals surface area contributed by atoms with E-state index < -0.39 is 0 Å². The summed E-state index contributed by atoms with van der Waals surface area (Å²) in [6.07, 6.45) is 5.32. The fraction of sp³-hybridized carbons (Fsp3) is 0.667. The Morgan fingerprint density at radius 1 is 1.57 bits per heavy atom. The second-order valence-corrected chi connectivity index (χ2v) is 3.99. The van der Waals surface area contributed by atoms with E-state index in [4.69, 9.17) is 10.5 Å². The standard InChI is InChI=1S/C9H16N2OS.BrH/c1-12-5-3-2-4-8-6-11-9(10)13-7-8;/h6H,2-5,7H2,1H3,(H2,10,11);1H. The van der Waals surface area contributed by atoms with Gasteiger partial charge in [-0.15, -0.1) is 17.0 Å². The van der Waals surface area contributed by atoms with Crippen molar-refractivity contribution < 1.29 is 4.74 Å². The molecule has 2 N–H and O–H groups in total. The van der Waals surface area contributed by atoms with Gasteiger partial charge in [0.25, 0.3) is 0 Å². The molecule has 0 aromatic carbocycles. The summed E-state index contributed by atoms with van der Waals surface area (Å²) in [6, 6.07) is 0. The van der Waals surface area contributed by atoms with Crippen molar-refractivity contribution in [1.82, 2.24) is 0 Å². The van der Waals surface area contributed by atoms with Crippen molar-refractivity contribution in [2.45, 2.75) is 19.3 Å². The first-order chi connectivity index (χ1) is 6.33. The molecule has 0 amide bonds. The summed E-state index contributed by atoms with van der Waals surface area (Å²) in [5, 5.41) is 0.681. The number of unbranched alkanes of at least 4 members (excludes halogenated alkanes) is 1. The molecule has 0 atom stereocenters. The number of halogens is 1. The largest absolute Gasteiger partial charge is 0.385 e. The third kappa shape index (κ3) is 5.67. The van der Waals surface area contributed by atoms with Crippen LogP contribution in [-0.2, 0) is 4.74 Å². The molecule has 1 rings (SSSR count). The average Bonchev–Trinajstić information content (AvgIpc) is 2.15. The molecule has 0 aromatic heterocycles. The number of aliphatic imine (C=N–C) groups is 1. The molecule has 14 heavy (non-hydrogen) atoms. The third-order valence-electron chi connectivity index (χ3n) is 1.88. The highest BCUT2D eigenvalue weighted by molar-refractivity contribution is 8.93. The molecular weight excluding hydrogens is 264 g/mol. The maximum atomic E-state index is 5.52. The first kappa shape index (κ1) is 14.0. The number of methoxy groups -OCH3 is 1. The summed E-state index contributed by atoms with van der Waals surface area (Å²) >= 11 is 1.62. The Morgan fingerprint density at radius 2 is 2.36 bits per heavy atom. The van der Waals surface area contributed by atoms with E-state index in [0.717, 1.165) is 25.2 Å². The summed E-state index contributed by atoms with van der Waals surface area (Å²) in [5.41, 5.74) is 6.91. The number of thioether (sulfide) groups is 1. The van der Waals surface area contributed by atoms with Crippen molar-refractivity contribution >= 4 is 33.9 Å². The van der Waals surface area contributed by atoms with Crippen molar-refractivity contribution in [1.29, 1.82) is 0 Å². The summed E-state index contributed by atoms with van der Waals surface area (Å²) in [6.45, 7) is 0.853. The Bertz CT molecular complexity index is 219. The molecule has 0 spiro atoms. The predicted molar refractivity (Wildman–Crippen MR) is 68.2 cm³/mol. The molecule has 0 saturated carbocycles. The second-order valence-electron chi connectivity index (χ2n) is 2.99. The van der Waals surface area contributed by atoms with E-state index in [1.165, 1.54) is 12.0 Å². The van der Waals surface area contributed by atoms with Gasteiger partial charge in [0.15, 0.2) is 5.17 Å². The fourth-order valence-corrected chi connectivity index (χ4v) is 1.81. The Hall–Kier alpha value is -0.0000000000000000555. The molecule has 0 unspecified atom stereocenters. The molecule has 1 heterocycles. The van der Waals surface area contributed by atoms with Crippen LogP contribution in [0.25, 0.3) is 0 Å². The Labute approximate surface area is 99.9 Å². The normalized spacial score (nSPS) is 15.5. The molecule has 5 heteroatoms. The topological polar surface area (TPSA) is 47.6 Å². The predicted octanol–water partition coefficient (Wildman–Crippen LogP) is 2.33. The van der Waals surface area contributed by atoms with Gasteiger partial charge in [0.2, 0.25) is 0 Å². The SMILES string of the molecule is Br.COCCCCC1=CN=C(N)SC1. The second kappa shape index (κ2) is 8.32. The van der Waals surface area contributed by atoms with Gasteiger partial charge in [-0.2, -0.15) is 0 Å². The minimum Gasteiger partial charge on any atom is -0.385 e. The van der Waals surface area contributed by atoms with Gasteiger partial charge in [-0.1, -0.05) is 11.8 Å². The van der Waals surface area contributed by atoms with E-state index in [-0.39, 0.29) is 17.0 Å². The van der Waals surface area contributed by atoms with Gasteiger partial charge in [0.05, 0.1) is 0 Å². The first-order valence-electron chi connectivity index (χ1n) is 4.46. The van der Waals surface area contributed by atoms with Crippen molar-refractivity contribution in [2.75, 3.05) is 19.5 Å². The number of nitrogens with zero attached hydrogens (tertiary/aromatic N) is 1. The van der Waals surface area contributed by atoms with Crippen molar-refractivity contribution in [3.63, 3.8) is 0 Å². The zero-order valence-corrected chi connectivity index (χ0v) is 10.9. The number of hydrogen-bond donors (Lipinski definition) is 1. The van der Waals surface area contributed by atoms with E-state index in [1.807, 2.05) is 6.20 Å². The Morgan fingerprint density at radius 3 is 2.93 bits per heavy atom. The fourth-order valence-electron chi connectivity index (χ4n) is 1.13. The lowest BCUT2D eigenvalue weighted by atomic mass is 10.1. The van der Waals surface area contributed by atoms with Gasteiger partial charge >= 0.3 is 0 Å². The highest BCUT2D eigenvalue weighted by Gasteiger charge is 2.04. The number of hydrogen-bond acceptors (Lipinski definition) is 4. The zero-order chi connectivity index (χ0) is 9.52. The molecule has 82 valence electrons. The van der Waals surface area contributed by atoms with Crippen molar-refractivity contribution in [2.24, 2.45) is 10.7 Å². The van der Waals surface area contributed by atoms with Gasteiger partial charge in [-0.3, -0.25) is 0 Å². The van der Waals surface area contributed by atoms with E-state index in [9.17, 15) is 0 Å². The van der Waals surface area contributed by atoms with Gasteiger partial charge in [0.1, 0.15) is 0 Å². The number of nitrogens with two attached hydrogens (primary N) is 1. The summed E-state index contributed by atoms with van der Waals surface area (Å²) < 4.78 is 4.98. The lowest BCUT2D eigenvalue weighted by Gasteiger charge is -2.09. The van der Waals surface area contributed by atoms with Crippen molar-refractivity contribution in [3.05, 3.63) is 11.8 Å². The van der Waals surface area contributed by atoms with E-state index in [0.29, 0.717) is 5.17 Å². The molecule has 3 nitrogen and oxygen atoms in total. The van der Waals surface area contributed by atoms with Crippen LogP contribution in [0, 0.1) is 0 Å². The average molecular weight is 281 g/mol. The smallest absolute Gasteiger partial charge is 0.158 e. The number of amidine groups is 1. The molecule has 0 bridgehead atoms. The molecule has 1 aliphatic heterocycles. The van der Waals surface area contributed by atoms with Crippen LogP contribution >= 0.6 is 28.7 Å². The number of rotatable bonds is 5. The van der Waals surface area contributed by atoms with Gasteiger partial charge in [-0.25, -0.2) is 4.99 Å². The molecule has 0 aromatic rings. The molecule has 0 aliphatic carbocycles. The zero-order valence-electron chi connectivity index (χ0n) is 8.36. The molecule has 0 saturated heterocycles. The minimum atomic E-state index is 0. The maximum Gasteiger partial charge on any atom is 0.158 e. The van der Waals surface area contributed by atoms with E-state index in [1.54, 1.807) is 18.9 Å². The van der Waals surface area contributed by atoms with Crippen LogP contribution in [-0.4, -0.2) is 24.6 Å². The van der Waals surface area contributed by atoms with E-state index in [2.05, 4.69) is 4.99 Å². The van der Waals surface area contributed by atoms with Crippen LogP contribution in [0.5, 0.6) is 0 Å². The summed E-state index contributed by atoms with van der Waals surface area (Å²) in [7, 11) is 1.74. The van der Waals surface area contributed by atoms with Gasteiger partial charge < -0.3 is 10.5 Å².